The highest BCUT2D eigenvalue weighted by Gasteiger charge is 1.97. The molecule has 0 aliphatic carbocycles. The zero-order valence-corrected chi connectivity index (χ0v) is 5.98. The molecule has 3 heteroatoms. The highest BCUT2D eigenvalue weighted by atomic mass is 19.1. The number of hydrogen-bond donors (Lipinski definition) is 1. The molecule has 0 heterocycles. The lowest BCUT2D eigenvalue weighted by Crippen LogP contribution is -2.24. The Labute approximate surface area is 55.4 Å². The quantitative estimate of drug-likeness (QED) is 0.595. The van der Waals surface area contributed by atoms with E-state index in [1.54, 1.807) is 0 Å². The van der Waals surface area contributed by atoms with Gasteiger partial charge in [0.25, 0.3) is 0 Å². The predicted octanol–water partition coefficient (Wildman–Crippen LogP) is 0.580. The van der Waals surface area contributed by atoms with Crippen molar-refractivity contribution < 1.29 is 9.13 Å². The molecule has 0 aromatic rings. The van der Waals surface area contributed by atoms with Crippen LogP contribution in [0.1, 0.15) is 6.92 Å². The van der Waals surface area contributed by atoms with Crippen LogP contribution < -0.4 is 5.32 Å². The maximum absolute atomic E-state index is 11.4. The highest BCUT2D eigenvalue weighted by molar-refractivity contribution is 4.50. The zero-order valence-electron chi connectivity index (χ0n) is 5.98. The molecular formula is C6H14FNO. The molecule has 0 radical (unpaired) electrons. The van der Waals surface area contributed by atoms with E-state index in [4.69, 9.17) is 4.74 Å². The van der Waals surface area contributed by atoms with Gasteiger partial charge in [-0.25, -0.2) is 4.39 Å². The molecule has 9 heavy (non-hydrogen) atoms. The van der Waals surface area contributed by atoms with Gasteiger partial charge < -0.3 is 10.1 Å². The smallest absolute Gasteiger partial charge is 0.113 e. The summed E-state index contributed by atoms with van der Waals surface area (Å²) < 4.78 is 16.4. The summed E-state index contributed by atoms with van der Waals surface area (Å²) in [5.41, 5.74) is 0. The van der Waals surface area contributed by atoms with Crippen molar-refractivity contribution in [2.24, 2.45) is 0 Å². The van der Waals surface area contributed by atoms with Crippen molar-refractivity contribution in [2.45, 2.75) is 13.0 Å². The van der Waals surface area contributed by atoms with Gasteiger partial charge >= 0.3 is 0 Å². The summed E-state index contributed by atoms with van der Waals surface area (Å²) in [7, 11) is 1.84. The molecule has 1 N–H and O–H groups in total. The fourth-order valence-corrected chi connectivity index (χ4v) is 0.592. The Morgan fingerprint density at radius 3 is 2.78 bits per heavy atom. The van der Waals surface area contributed by atoms with Gasteiger partial charge in [0.15, 0.2) is 0 Å². The Kier molecular flexibility index (Phi) is 5.88. The number of alkyl halides is 1. The molecule has 56 valence electrons. The third kappa shape index (κ3) is 5.73. The molecule has 0 aromatic heterocycles. The normalized spacial score (nSPS) is 13.7. The summed E-state index contributed by atoms with van der Waals surface area (Å²) in [4.78, 5) is 0. The predicted molar refractivity (Wildman–Crippen MR) is 35.3 cm³/mol. The second-order valence-electron chi connectivity index (χ2n) is 1.93. The van der Waals surface area contributed by atoms with Crippen LogP contribution in [-0.4, -0.2) is 33.0 Å². The van der Waals surface area contributed by atoms with Crippen LogP contribution >= 0.6 is 0 Å². The number of hydrogen-bond acceptors (Lipinski definition) is 2. The fraction of sp³-hybridized carbons (Fsp3) is 1.00. The molecule has 0 rings (SSSR count). The van der Waals surface area contributed by atoms with E-state index in [9.17, 15) is 4.39 Å². The monoisotopic (exact) mass is 135 g/mol. The van der Waals surface area contributed by atoms with Gasteiger partial charge in [-0.05, 0) is 14.0 Å². The zero-order chi connectivity index (χ0) is 7.11. The van der Waals surface area contributed by atoms with Gasteiger partial charge in [0, 0.05) is 6.54 Å². The molecule has 0 saturated carbocycles. The molecule has 0 saturated heterocycles. The van der Waals surface area contributed by atoms with Crippen molar-refractivity contribution in [1.82, 2.24) is 5.32 Å². The molecule has 0 aromatic carbocycles. The van der Waals surface area contributed by atoms with E-state index in [-0.39, 0.29) is 12.7 Å². The van der Waals surface area contributed by atoms with Crippen LogP contribution in [0, 0.1) is 0 Å². The average Bonchev–Trinajstić information content (AvgIpc) is 1.85. The van der Waals surface area contributed by atoms with Gasteiger partial charge in [0.2, 0.25) is 0 Å². The molecule has 0 fully saturated rings. The largest absolute Gasteiger partial charge is 0.374 e. The van der Waals surface area contributed by atoms with Crippen LogP contribution in [0.25, 0.3) is 0 Å². The Morgan fingerprint density at radius 1 is 1.67 bits per heavy atom. The standard InChI is InChI=1S/C6H14FNO/c1-6(5-8-2)9-4-3-7/h6,8H,3-5H2,1-2H3. The fourth-order valence-electron chi connectivity index (χ4n) is 0.592. The lowest BCUT2D eigenvalue weighted by atomic mass is 10.4. The Bertz CT molecular complexity index is 61.0. The minimum absolute atomic E-state index is 0.116. The molecule has 0 bridgehead atoms. The summed E-state index contributed by atoms with van der Waals surface area (Å²) in [5, 5.41) is 2.93. The second-order valence-corrected chi connectivity index (χ2v) is 1.93. The summed E-state index contributed by atoms with van der Waals surface area (Å²) in [6.07, 6.45) is 0.116. The Morgan fingerprint density at radius 2 is 2.33 bits per heavy atom. The van der Waals surface area contributed by atoms with E-state index in [0.29, 0.717) is 0 Å². The van der Waals surface area contributed by atoms with Crippen molar-refractivity contribution in [3.8, 4) is 0 Å². The molecule has 0 amide bonds. The second kappa shape index (κ2) is 5.98. The van der Waals surface area contributed by atoms with Crippen LogP contribution in [-0.2, 0) is 4.74 Å². The van der Waals surface area contributed by atoms with Crippen LogP contribution in [0.3, 0.4) is 0 Å². The maximum atomic E-state index is 11.4. The van der Waals surface area contributed by atoms with E-state index in [1.807, 2.05) is 14.0 Å². The van der Waals surface area contributed by atoms with Gasteiger partial charge in [-0.15, -0.1) is 0 Å². The van der Waals surface area contributed by atoms with Crippen LogP contribution in [0.5, 0.6) is 0 Å². The first-order valence-corrected chi connectivity index (χ1v) is 3.13. The molecule has 1 atom stereocenters. The van der Waals surface area contributed by atoms with E-state index < -0.39 is 6.67 Å². The SMILES string of the molecule is CNCC(C)OCCF. The third-order valence-corrected chi connectivity index (χ3v) is 0.971. The number of ether oxygens (including phenoxy) is 1. The first kappa shape index (κ1) is 8.85. The van der Waals surface area contributed by atoms with Crippen molar-refractivity contribution in [2.75, 3.05) is 26.9 Å². The van der Waals surface area contributed by atoms with Crippen LogP contribution in [0.2, 0.25) is 0 Å². The first-order valence-electron chi connectivity index (χ1n) is 3.13. The molecule has 0 aliphatic heterocycles. The van der Waals surface area contributed by atoms with Gasteiger partial charge in [-0.1, -0.05) is 0 Å². The van der Waals surface area contributed by atoms with Gasteiger partial charge in [0.1, 0.15) is 6.67 Å². The van der Waals surface area contributed by atoms with E-state index >= 15 is 0 Å². The van der Waals surface area contributed by atoms with Gasteiger partial charge in [-0.3, -0.25) is 0 Å². The van der Waals surface area contributed by atoms with Crippen molar-refractivity contribution >= 4 is 0 Å². The lowest BCUT2D eigenvalue weighted by Gasteiger charge is -2.09. The molecule has 0 aliphatic rings. The maximum Gasteiger partial charge on any atom is 0.113 e. The van der Waals surface area contributed by atoms with Crippen molar-refractivity contribution in [3.05, 3.63) is 0 Å². The van der Waals surface area contributed by atoms with Crippen LogP contribution in [0.4, 0.5) is 4.39 Å². The van der Waals surface area contributed by atoms with Crippen molar-refractivity contribution in [1.29, 1.82) is 0 Å². The summed E-state index contributed by atoms with van der Waals surface area (Å²) in [6, 6.07) is 0. The average molecular weight is 135 g/mol. The summed E-state index contributed by atoms with van der Waals surface area (Å²) >= 11 is 0. The minimum Gasteiger partial charge on any atom is -0.374 e. The number of nitrogens with one attached hydrogen (secondary N) is 1. The third-order valence-electron chi connectivity index (χ3n) is 0.971. The number of rotatable bonds is 5. The summed E-state index contributed by atoms with van der Waals surface area (Å²) in [5.74, 6) is 0. The highest BCUT2D eigenvalue weighted by Crippen LogP contribution is 1.86. The van der Waals surface area contributed by atoms with E-state index in [1.165, 1.54) is 0 Å². The minimum atomic E-state index is -0.395. The van der Waals surface area contributed by atoms with Crippen LogP contribution in [0.15, 0.2) is 0 Å². The summed E-state index contributed by atoms with van der Waals surface area (Å²) in [6.45, 7) is 2.50. The molecule has 2 nitrogen and oxygen atoms in total. The number of likely N-dealkylation sites (N-methyl/N-ethyl adjacent to an activating group) is 1. The van der Waals surface area contributed by atoms with Crippen molar-refractivity contribution in [3.63, 3.8) is 0 Å². The van der Waals surface area contributed by atoms with Gasteiger partial charge in [-0.2, -0.15) is 0 Å². The van der Waals surface area contributed by atoms with Gasteiger partial charge in [0.05, 0.1) is 12.7 Å². The Balaban J connectivity index is 2.95. The first-order chi connectivity index (χ1) is 4.31. The molecule has 1 unspecified atom stereocenters. The topological polar surface area (TPSA) is 21.3 Å². The van der Waals surface area contributed by atoms with E-state index in [2.05, 4.69) is 5.32 Å². The Hall–Kier alpha value is -0.150. The van der Waals surface area contributed by atoms with E-state index in [0.717, 1.165) is 6.54 Å². The lowest BCUT2D eigenvalue weighted by molar-refractivity contribution is 0.0575. The molecular weight excluding hydrogens is 121 g/mol. The number of halogens is 1. The molecule has 0 spiro atoms.